The van der Waals surface area contributed by atoms with Gasteiger partial charge in [-0.2, -0.15) is 13.0 Å². The van der Waals surface area contributed by atoms with Gasteiger partial charge in [0.2, 0.25) is 11.0 Å². The third-order valence-corrected chi connectivity index (χ3v) is 9.67. The average molecular weight is 641 g/mol. The molecule has 0 radical (unpaired) electrons. The molecule has 4 aromatic carbocycles. The van der Waals surface area contributed by atoms with Gasteiger partial charge in [0.05, 0.1) is 23.6 Å². The van der Waals surface area contributed by atoms with Crippen LogP contribution in [0.5, 0.6) is 5.75 Å². The molecule has 0 amide bonds. The van der Waals surface area contributed by atoms with Gasteiger partial charge in [0.15, 0.2) is 0 Å². The van der Waals surface area contributed by atoms with E-state index >= 15 is 0 Å². The van der Waals surface area contributed by atoms with Gasteiger partial charge in [-0.1, -0.05) is 43.8 Å². The van der Waals surface area contributed by atoms with Crippen molar-refractivity contribution >= 4 is 49.9 Å². The SMILES string of the molecule is C=Cc1ccc(OC)cc1-c1cc2c(cc3ccccc3[n+]2C(CCC)S(=O)(=O)O)c(C(=O)O)c1-c1ccc(C(=O)O)c(C)c1C. The van der Waals surface area contributed by atoms with Crippen molar-refractivity contribution in [3.05, 3.63) is 101 Å². The smallest absolute Gasteiger partial charge is 0.337 e. The van der Waals surface area contributed by atoms with Crippen molar-refractivity contribution in [3.63, 3.8) is 0 Å². The maximum absolute atomic E-state index is 13.5. The monoisotopic (exact) mass is 640 g/mol. The Morgan fingerprint density at radius 1 is 0.913 bits per heavy atom. The molecule has 5 rings (SSSR count). The molecule has 1 heterocycles. The Hall–Kier alpha value is -5.06. The zero-order valence-corrected chi connectivity index (χ0v) is 26.7. The fourth-order valence-corrected chi connectivity index (χ4v) is 7.25. The number of benzene rings is 4. The summed E-state index contributed by atoms with van der Waals surface area (Å²) in [5.41, 5.74) is 4.25. The van der Waals surface area contributed by atoms with Crippen molar-refractivity contribution in [3.8, 4) is 28.0 Å². The highest BCUT2D eigenvalue weighted by Gasteiger charge is 2.37. The van der Waals surface area contributed by atoms with Gasteiger partial charge in [-0.3, -0.25) is 4.55 Å². The fourth-order valence-electron chi connectivity index (χ4n) is 6.22. The van der Waals surface area contributed by atoms with Crippen molar-refractivity contribution in [2.45, 2.75) is 39.0 Å². The summed E-state index contributed by atoms with van der Waals surface area (Å²) >= 11 is 0. The molecule has 9 nitrogen and oxygen atoms in total. The Morgan fingerprint density at radius 3 is 2.24 bits per heavy atom. The summed E-state index contributed by atoms with van der Waals surface area (Å²) in [6, 6.07) is 18.8. The number of ether oxygens (including phenoxy) is 1. The molecule has 1 atom stereocenters. The van der Waals surface area contributed by atoms with Crippen LogP contribution in [-0.4, -0.2) is 42.2 Å². The first-order valence-corrected chi connectivity index (χ1v) is 16.1. The zero-order valence-electron chi connectivity index (χ0n) is 25.9. The number of pyridine rings is 1. The maximum Gasteiger partial charge on any atom is 0.337 e. The third kappa shape index (κ3) is 5.50. The van der Waals surface area contributed by atoms with E-state index in [1.54, 1.807) is 87.5 Å². The lowest BCUT2D eigenvalue weighted by molar-refractivity contribution is -0.651. The first-order valence-electron chi connectivity index (χ1n) is 14.6. The molecule has 1 unspecified atom stereocenters. The summed E-state index contributed by atoms with van der Waals surface area (Å²) < 4.78 is 43.5. The van der Waals surface area contributed by atoms with Crippen LogP contribution in [-0.2, 0) is 10.1 Å². The van der Waals surface area contributed by atoms with Gasteiger partial charge in [-0.25, -0.2) is 9.59 Å². The standard InChI is InChI=1S/C36H33NO8S/c1-6-10-32(46(42,43)44)37-30-12-9-8-11-23(30)17-29-31(37)19-28(27-18-24(45-5)14-13-22(27)7-2)33(34(29)36(40)41)25-15-16-26(35(38)39)21(4)20(25)3/h7-9,11-19,32H,2,6,10H2,1,3-5H3,(H2-,38,39,40,41,42,43,44)/p+1. The maximum atomic E-state index is 13.5. The highest BCUT2D eigenvalue weighted by atomic mass is 32.2. The second-order valence-electron chi connectivity index (χ2n) is 11.1. The van der Waals surface area contributed by atoms with Crippen LogP contribution in [0.1, 0.15) is 62.5 Å². The van der Waals surface area contributed by atoms with Gasteiger partial charge in [-0.05, 0) is 84.0 Å². The van der Waals surface area contributed by atoms with E-state index < -0.39 is 27.4 Å². The van der Waals surface area contributed by atoms with Crippen LogP contribution in [0.3, 0.4) is 0 Å². The number of aromatic carboxylic acids is 2. The van der Waals surface area contributed by atoms with Crippen LogP contribution >= 0.6 is 0 Å². The van der Waals surface area contributed by atoms with Crippen LogP contribution in [0, 0.1) is 13.8 Å². The van der Waals surface area contributed by atoms with Crippen molar-refractivity contribution in [1.29, 1.82) is 0 Å². The first kappa shape index (κ1) is 32.3. The lowest BCUT2D eigenvalue weighted by Gasteiger charge is -2.22. The Morgan fingerprint density at radius 2 is 1.63 bits per heavy atom. The van der Waals surface area contributed by atoms with Crippen molar-refractivity contribution in [2.75, 3.05) is 7.11 Å². The number of nitrogens with zero attached hydrogens (tertiary/aromatic N) is 1. The third-order valence-electron chi connectivity index (χ3n) is 8.54. The summed E-state index contributed by atoms with van der Waals surface area (Å²) in [7, 11) is -3.15. The number of hydrogen-bond donors (Lipinski definition) is 3. The van der Waals surface area contributed by atoms with Gasteiger partial charge >= 0.3 is 22.1 Å². The van der Waals surface area contributed by atoms with E-state index in [0.717, 1.165) is 0 Å². The van der Waals surface area contributed by atoms with Crippen LogP contribution < -0.4 is 9.30 Å². The summed E-state index contributed by atoms with van der Waals surface area (Å²) in [5, 5.41) is 20.2. The Labute approximate surface area is 266 Å². The van der Waals surface area contributed by atoms with E-state index in [1.807, 2.05) is 0 Å². The van der Waals surface area contributed by atoms with Gasteiger partial charge in [-0.15, -0.1) is 0 Å². The molecule has 3 N–H and O–H groups in total. The lowest BCUT2D eigenvalue weighted by atomic mass is 9.83. The van der Waals surface area contributed by atoms with Crippen LogP contribution in [0.2, 0.25) is 0 Å². The number of aromatic nitrogens is 1. The summed E-state index contributed by atoms with van der Waals surface area (Å²) in [4.78, 5) is 25.4. The van der Waals surface area contributed by atoms with E-state index in [1.165, 1.54) is 17.7 Å². The Kier molecular flexibility index (Phi) is 8.70. The minimum Gasteiger partial charge on any atom is -0.497 e. The molecule has 0 bridgehead atoms. The topological polar surface area (TPSA) is 142 Å². The number of fused-ring (bicyclic) bond motifs is 2. The summed E-state index contributed by atoms with van der Waals surface area (Å²) in [5.74, 6) is -1.89. The van der Waals surface area contributed by atoms with Gasteiger partial charge < -0.3 is 14.9 Å². The van der Waals surface area contributed by atoms with Crippen LogP contribution in [0.25, 0.3) is 50.1 Å². The largest absolute Gasteiger partial charge is 0.497 e. The molecule has 236 valence electrons. The molecule has 0 aliphatic rings. The number of carboxylic acids is 2. The molecule has 46 heavy (non-hydrogen) atoms. The molecule has 0 spiro atoms. The molecule has 0 saturated carbocycles. The number of rotatable bonds is 10. The quantitative estimate of drug-likeness (QED) is 0.0811. The highest BCUT2D eigenvalue weighted by Crippen LogP contribution is 2.44. The molecular weight excluding hydrogens is 606 g/mol. The lowest BCUT2D eigenvalue weighted by Crippen LogP contribution is -2.45. The predicted octanol–water partition coefficient (Wildman–Crippen LogP) is 7.47. The number of carboxylic acid groups (broad SMARTS) is 2. The number of hydrogen-bond acceptors (Lipinski definition) is 5. The van der Waals surface area contributed by atoms with Crippen LogP contribution in [0.4, 0.5) is 0 Å². The summed E-state index contributed by atoms with van der Waals surface area (Å²) in [6.07, 6.45) is 2.11. The van der Waals surface area contributed by atoms with E-state index in [0.29, 0.717) is 62.0 Å². The highest BCUT2D eigenvalue weighted by molar-refractivity contribution is 7.85. The first-order chi connectivity index (χ1) is 21.8. The van der Waals surface area contributed by atoms with E-state index in [-0.39, 0.29) is 28.5 Å². The molecule has 5 aromatic rings. The predicted molar refractivity (Wildman–Crippen MR) is 178 cm³/mol. The van der Waals surface area contributed by atoms with Gasteiger partial charge in [0, 0.05) is 29.5 Å². The minimum absolute atomic E-state index is 0.0676. The number of carbonyl (C=O) groups is 2. The second-order valence-corrected chi connectivity index (χ2v) is 12.7. The van der Waals surface area contributed by atoms with Crippen molar-refractivity contribution in [2.24, 2.45) is 0 Å². The van der Waals surface area contributed by atoms with Gasteiger partial charge in [0.25, 0.3) is 5.37 Å². The van der Waals surface area contributed by atoms with E-state index in [4.69, 9.17) is 4.74 Å². The summed E-state index contributed by atoms with van der Waals surface area (Å²) in [6.45, 7) is 9.18. The molecule has 1 aromatic heterocycles. The molecule has 0 aliphatic carbocycles. The molecule has 0 saturated heterocycles. The normalized spacial score (nSPS) is 12.3. The zero-order chi connectivity index (χ0) is 33.5. The van der Waals surface area contributed by atoms with Crippen molar-refractivity contribution < 1.29 is 42.1 Å². The fraction of sp³-hybridized carbons (Fsp3) is 0.194. The Bertz CT molecular complexity index is 2190. The van der Waals surface area contributed by atoms with Crippen LogP contribution in [0.15, 0.2) is 73.3 Å². The van der Waals surface area contributed by atoms with Crippen molar-refractivity contribution in [1.82, 2.24) is 0 Å². The van der Waals surface area contributed by atoms with E-state index in [9.17, 15) is 32.8 Å². The minimum atomic E-state index is -4.66. The number of methoxy groups -OCH3 is 1. The van der Waals surface area contributed by atoms with Gasteiger partial charge in [0.1, 0.15) is 5.75 Å². The average Bonchev–Trinajstić information content (AvgIpc) is 3.02. The Balaban J connectivity index is 2.13. The molecular formula is C36H34NO8S+. The molecule has 0 aliphatic heterocycles. The van der Waals surface area contributed by atoms with E-state index in [2.05, 4.69) is 6.58 Å². The second kappa shape index (κ2) is 12.4. The molecule has 0 fully saturated rings. The number of para-hydroxylation sites is 1. The molecule has 10 heteroatoms.